The second kappa shape index (κ2) is 8.50. The van der Waals surface area contributed by atoms with E-state index in [9.17, 15) is 23.9 Å². The van der Waals surface area contributed by atoms with Gasteiger partial charge in [0, 0.05) is 16.1 Å². The monoisotopic (exact) mass is 437 g/mol. The predicted octanol–water partition coefficient (Wildman–Crippen LogP) is 3.56. The first-order valence-corrected chi connectivity index (χ1v) is 9.06. The number of nitrogens with zero attached hydrogens (tertiary/aromatic N) is 1. The number of amides is 1. The van der Waals surface area contributed by atoms with E-state index in [1.165, 1.54) is 42.5 Å². The Morgan fingerprint density at radius 1 is 1.17 bits per heavy atom. The van der Waals surface area contributed by atoms with E-state index in [0.29, 0.717) is 10.6 Å². The number of carboxylic acid groups (broad SMARTS) is 1. The number of aromatic nitrogens is 2. The summed E-state index contributed by atoms with van der Waals surface area (Å²) >= 11 is 12.0. The van der Waals surface area contributed by atoms with Crippen molar-refractivity contribution in [3.05, 3.63) is 86.0 Å². The van der Waals surface area contributed by atoms with Crippen LogP contribution in [0.5, 0.6) is 0 Å². The molecule has 150 valence electrons. The van der Waals surface area contributed by atoms with Crippen LogP contribution in [0.2, 0.25) is 10.0 Å². The molecule has 0 saturated carbocycles. The minimum atomic E-state index is -1.17. The van der Waals surface area contributed by atoms with Gasteiger partial charge in [-0.05, 0) is 29.8 Å². The average Bonchev–Trinajstić information content (AvgIpc) is 3.03. The van der Waals surface area contributed by atoms with Gasteiger partial charge in [0.25, 0.3) is 11.5 Å². The summed E-state index contributed by atoms with van der Waals surface area (Å²) in [6.45, 7) is 0. The molecule has 10 heteroatoms. The van der Waals surface area contributed by atoms with E-state index in [2.05, 4.69) is 10.4 Å². The second-order valence-corrected chi connectivity index (χ2v) is 6.93. The van der Waals surface area contributed by atoms with E-state index in [4.69, 9.17) is 23.2 Å². The van der Waals surface area contributed by atoms with Gasteiger partial charge in [0.05, 0.1) is 12.5 Å². The van der Waals surface area contributed by atoms with E-state index < -0.39 is 35.7 Å². The number of carboxylic acids is 1. The molecule has 3 rings (SSSR count). The molecule has 0 fully saturated rings. The molecule has 2 aromatic carbocycles. The Labute approximate surface area is 173 Å². The Bertz CT molecular complexity index is 1140. The van der Waals surface area contributed by atoms with Crippen molar-refractivity contribution < 1.29 is 19.1 Å². The Hall–Kier alpha value is -3.10. The van der Waals surface area contributed by atoms with Crippen molar-refractivity contribution in [2.75, 3.05) is 0 Å². The number of nitrogens with one attached hydrogen (secondary N) is 2. The van der Waals surface area contributed by atoms with Gasteiger partial charge in [-0.3, -0.25) is 19.5 Å². The number of aromatic amines is 1. The van der Waals surface area contributed by atoms with E-state index in [0.717, 1.165) is 10.7 Å². The highest BCUT2D eigenvalue weighted by Gasteiger charge is 2.23. The maximum Gasteiger partial charge on any atom is 0.305 e. The van der Waals surface area contributed by atoms with Crippen molar-refractivity contribution in [2.24, 2.45) is 0 Å². The number of carbonyl (C=O) groups excluding carboxylic acids is 1. The summed E-state index contributed by atoms with van der Waals surface area (Å²) in [5.74, 6) is -2.58. The van der Waals surface area contributed by atoms with Gasteiger partial charge < -0.3 is 10.4 Å². The first-order chi connectivity index (χ1) is 13.8. The van der Waals surface area contributed by atoms with Crippen molar-refractivity contribution in [2.45, 2.75) is 12.5 Å². The lowest BCUT2D eigenvalue weighted by Gasteiger charge is -2.18. The molecule has 29 heavy (non-hydrogen) atoms. The van der Waals surface area contributed by atoms with Gasteiger partial charge in [0.2, 0.25) is 0 Å². The van der Waals surface area contributed by atoms with Crippen LogP contribution in [0, 0.1) is 5.82 Å². The highest BCUT2D eigenvalue weighted by Crippen LogP contribution is 2.28. The summed E-state index contributed by atoms with van der Waals surface area (Å²) < 4.78 is 14.8. The molecule has 3 aromatic rings. The van der Waals surface area contributed by atoms with E-state index >= 15 is 0 Å². The van der Waals surface area contributed by atoms with Crippen LogP contribution in [-0.4, -0.2) is 26.8 Å². The molecule has 0 bridgehead atoms. The normalized spacial score (nSPS) is 11.8. The average molecular weight is 438 g/mol. The van der Waals surface area contributed by atoms with Crippen LogP contribution < -0.4 is 10.9 Å². The van der Waals surface area contributed by atoms with Gasteiger partial charge in [-0.2, -0.15) is 0 Å². The van der Waals surface area contributed by atoms with Gasteiger partial charge in [-0.1, -0.05) is 41.4 Å². The molecule has 3 N–H and O–H groups in total. The van der Waals surface area contributed by atoms with Crippen LogP contribution in [-0.2, 0) is 4.79 Å². The van der Waals surface area contributed by atoms with Crippen molar-refractivity contribution in [3.63, 3.8) is 0 Å². The third-order valence-corrected chi connectivity index (χ3v) is 4.64. The van der Waals surface area contributed by atoms with E-state index in [-0.39, 0.29) is 16.4 Å². The Balaban J connectivity index is 1.91. The highest BCUT2D eigenvalue weighted by molar-refractivity contribution is 6.35. The summed E-state index contributed by atoms with van der Waals surface area (Å²) in [6, 6.07) is 10.0. The lowest BCUT2D eigenvalue weighted by molar-refractivity contribution is -0.137. The maximum atomic E-state index is 13.9. The minimum Gasteiger partial charge on any atom is -0.481 e. The van der Waals surface area contributed by atoms with Crippen LogP contribution in [0.3, 0.4) is 0 Å². The topological polar surface area (TPSA) is 104 Å². The Kier molecular flexibility index (Phi) is 6.05. The third kappa shape index (κ3) is 4.67. The number of aliphatic carboxylic acids is 1. The summed E-state index contributed by atoms with van der Waals surface area (Å²) in [5.41, 5.74) is -0.527. The molecule has 1 heterocycles. The fourth-order valence-electron chi connectivity index (χ4n) is 2.76. The fourth-order valence-corrected chi connectivity index (χ4v) is 3.30. The van der Waals surface area contributed by atoms with E-state index in [1.807, 2.05) is 0 Å². The molecule has 1 amide bonds. The number of carbonyl (C=O) groups is 2. The predicted molar refractivity (Wildman–Crippen MR) is 105 cm³/mol. The molecule has 1 aromatic heterocycles. The quantitative estimate of drug-likeness (QED) is 0.548. The second-order valence-electron chi connectivity index (χ2n) is 6.08. The number of hydrogen-bond acceptors (Lipinski definition) is 3. The molecular weight excluding hydrogens is 424 g/mol. The van der Waals surface area contributed by atoms with Gasteiger partial charge in [-0.25, -0.2) is 9.07 Å². The van der Waals surface area contributed by atoms with Crippen molar-refractivity contribution >= 4 is 35.1 Å². The van der Waals surface area contributed by atoms with Gasteiger partial charge >= 0.3 is 5.97 Å². The SMILES string of the molecule is O=C(O)C[C@H](NC(=O)c1cc(=O)n(-c2ccccc2F)[nH]1)c1ccc(Cl)cc1Cl. The molecule has 0 aliphatic heterocycles. The van der Waals surface area contributed by atoms with Crippen LogP contribution in [0.15, 0.2) is 53.3 Å². The van der Waals surface area contributed by atoms with Crippen LogP contribution >= 0.6 is 23.2 Å². The lowest BCUT2D eigenvalue weighted by Crippen LogP contribution is -2.30. The number of H-pyrrole nitrogens is 1. The number of hydrogen-bond donors (Lipinski definition) is 3. The van der Waals surface area contributed by atoms with Gasteiger partial charge in [0.15, 0.2) is 0 Å². The number of benzene rings is 2. The Morgan fingerprint density at radius 2 is 1.90 bits per heavy atom. The third-order valence-electron chi connectivity index (χ3n) is 4.08. The van der Waals surface area contributed by atoms with Gasteiger partial charge in [-0.15, -0.1) is 0 Å². The molecule has 7 nitrogen and oxygen atoms in total. The summed E-state index contributed by atoms with van der Waals surface area (Å²) in [6.07, 6.45) is -0.453. The van der Waals surface area contributed by atoms with E-state index in [1.54, 1.807) is 0 Å². The molecule has 0 saturated heterocycles. The molecule has 0 unspecified atom stereocenters. The minimum absolute atomic E-state index is 0.0561. The highest BCUT2D eigenvalue weighted by atomic mass is 35.5. The van der Waals surface area contributed by atoms with Crippen LogP contribution in [0.1, 0.15) is 28.5 Å². The smallest absolute Gasteiger partial charge is 0.305 e. The molecule has 0 radical (unpaired) electrons. The first kappa shape index (κ1) is 20.6. The Morgan fingerprint density at radius 3 is 2.55 bits per heavy atom. The summed E-state index contributed by atoms with van der Waals surface area (Å²) in [5, 5.41) is 14.8. The molecule has 0 aliphatic rings. The van der Waals surface area contributed by atoms with Crippen LogP contribution in [0.4, 0.5) is 4.39 Å². The number of halogens is 3. The molecule has 0 aliphatic carbocycles. The van der Waals surface area contributed by atoms with Crippen molar-refractivity contribution in [1.82, 2.24) is 15.1 Å². The number of rotatable bonds is 6. The first-order valence-electron chi connectivity index (χ1n) is 8.31. The van der Waals surface area contributed by atoms with Crippen LogP contribution in [0.25, 0.3) is 5.69 Å². The number of para-hydroxylation sites is 1. The maximum absolute atomic E-state index is 13.9. The standard InChI is InChI=1S/C19H14Cl2FN3O4/c20-10-5-6-11(12(21)7-10)14(9-18(27)28)23-19(29)15-8-17(26)25(24-15)16-4-2-1-3-13(16)22/h1-8,14,24H,9H2,(H,23,29)(H,27,28)/t14-/m0/s1. The zero-order chi connectivity index (χ0) is 21.1. The molecule has 0 spiro atoms. The fraction of sp³-hybridized carbons (Fsp3) is 0.105. The summed E-state index contributed by atoms with van der Waals surface area (Å²) in [7, 11) is 0. The van der Waals surface area contributed by atoms with Gasteiger partial charge in [0.1, 0.15) is 17.2 Å². The summed E-state index contributed by atoms with van der Waals surface area (Å²) in [4.78, 5) is 36.0. The van der Waals surface area contributed by atoms with Crippen molar-refractivity contribution in [1.29, 1.82) is 0 Å². The zero-order valence-electron chi connectivity index (χ0n) is 14.7. The lowest BCUT2D eigenvalue weighted by atomic mass is 10.0. The largest absolute Gasteiger partial charge is 0.481 e. The molecule has 1 atom stereocenters. The van der Waals surface area contributed by atoms with Crippen molar-refractivity contribution in [3.8, 4) is 5.69 Å². The molecular formula is C19H14Cl2FN3O4. The zero-order valence-corrected chi connectivity index (χ0v) is 16.2.